The number of aryl methyl sites for hydroxylation is 1. The van der Waals surface area contributed by atoms with E-state index < -0.39 is 6.10 Å². The number of hydrogen-bond acceptors (Lipinski definition) is 7. The molecule has 164 valence electrons. The first-order valence-electron chi connectivity index (χ1n) is 10.5. The lowest BCUT2D eigenvalue weighted by molar-refractivity contribution is -0.140. The molecule has 3 aromatic heterocycles. The third-order valence-electron chi connectivity index (χ3n) is 5.56. The second-order valence-corrected chi connectivity index (χ2v) is 7.79. The van der Waals surface area contributed by atoms with Gasteiger partial charge in [0.2, 0.25) is 5.95 Å². The third-order valence-corrected chi connectivity index (χ3v) is 5.56. The van der Waals surface area contributed by atoms with Crippen molar-refractivity contribution in [3.63, 3.8) is 0 Å². The minimum Gasteiger partial charge on any atom is -0.378 e. The number of aromatic amines is 1. The molecule has 1 saturated heterocycles. The fourth-order valence-electron chi connectivity index (χ4n) is 3.83. The van der Waals surface area contributed by atoms with E-state index in [1.807, 2.05) is 54.4 Å². The average Bonchev–Trinajstić information content (AvgIpc) is 3.47. The number of aliphatic hydroxyl groups is 1. The van der Waals surface area contributed by atoms with E-state index in [0.717, 1.165) is 11.2 Å². The number of fused-ring (bicyclic) bond motifs is 1. The molecule has 10 heteroatoms. The highest BCUT2D eigenvalue weighted by molar-refractivity contribution is 5.82. The molecule has 0 unspecified atom stereocenters. The van der Waals surface area contributed by atoms with Gasteiger partial charge in [-0.3, -0.25) is 9.89 Å². The van der Waals surface area contributed by atoms with Crippen molar-refractivity contribution < 1.29 is 9.90 Å². The van der Waals surface area contributed by atoms with Crippen molar-refractivity contribution in [2.75, 3.05) is 36.4 Å². The average molecular weight is 432 g/mol. The first kappa shape index (κ1) is 20.0. The molecule has 0 aliphatic carbocycles. The lowest BCUT2D eigenvalue weighted by Crippen LogP contribution is -2.50. The van der Waals surface area contributed by atoms with E-state index in [2.05, 4.69) is 20.6 Å². The SMILES string of the molecule is Cc1cc(Nc2nc(N3CCN(C(=O)[C@@H](O)c4ccccc4)CC3)nn3cccc23)n[nH]1. The molecule has 1 aliphatic rings. The Morgan fingerprint density at radius 3 is 2.62 bits per heavy atom. The van der Waals surface area contributed by atoms with E-state index in [1.165, 1.54) is 0 Å². The van der Waals surface area contributed by atoms with Gasteiger partial charge in [-0.1, -0.05) is 30.3 Å². The number of benzene rings is 1. The Kier molecular flexibility index (Phi) is 5.20. The Balaban J connectivity index is 1.31. The molecule has 0 radical (unpaired) electrons. The number of piperazine rings is 1. The summed E-state index contributed by atoms with van der Waals surface area (Å²) < 4.78 is 1.78. The molecule has 10 nitrogen and oxygen atoms in total. The van der Waals surface area contributed by atoms with E-state index in [9.17, 15) is 9.90 Å². The van der Waals surface area contributed by atoms with Crippen LogP contribution < -0.4 is 10.2 Å². The van der Waals surface area contributed by atoms with Crippen molar-refractivity contribution >= 4 is 29.0 Å². The van der Waals surface area contributed by atoms with E-state index >= 15 is 0 Å². The summed E-state index contributed by atoms with van der Waals surface area (Å²) in [6.45, 7) is 4.04. The lowest BCUT2D eigenvalue weighted by Gasteiger charge is -2.35. The number of carbonyl (C=O) groups is 1. The summed E-state index contributed by atoms with van der Waals surface area (Å²) in [4.78, 5) is 21.2. The molecule has 32 heavy (non-hydrogen) atoms. The first-order chi connectivity index (χ1) is 15.6. The number of hydrogen-bond donors (Lipinski definition) is 3. The summed E-state index contributed by atoms with van der Waals surface area (Å²) in [7, 11) is 0. The molecule has 3 N–H and O–H groups in total. The second kappa shape index (κ2) is 8.31. The fraction of sp³-hybridized carbons (Fsp3) is 0.273. The van der Waals surface area contributed by atoms with Gasteiger partial charge in [-0.05, 0) is 24.6 Å². The number of nitrogens with one attached hydrogen (secondary N) is 2. The summed E-state index contributed by atoms with van der Waals surface area (Å²) in [5, 5.41) is 25.5. The zero-order valence-electron chi connectivity index (χ0n) is 17.6. The van der Waals surface area contributed by atoms with E-state index in [0.29, 0.717) is 49.3 Å². The molecule has 1 aromatic carbocycles. The Morgan fingerprint density at radius 2 is 1.91 bits per heavy atom. The highest BCUT2D eigenvalue weighted by atomic mass is 16.3. The number of anilines is 3. The van der Waals surface area contributed by atoms with Gasteiger partial charge in [0.25, 0.3) is 5.91 Å². The van der Waals surface area contributed by atoms with Crippen LogP contribution in [-0.4, -0.2) is 66.9 Å². The van der Waals surface area contributed by atoms with Gasteiger partial charge in [-0.25, -0.2) is 4.52 Å². The van der Waals surface area contributed by atoms with Crippen LogP contribution in [0.5, 0.6) is 0 Å². The lowest BCUT2D eigenvalue weighted by atomic mass is 10.1. The standard InChI is InChI=1S/C22H24N8O2/c1-15-14-18(26-25-15)23-20-17-8-5-9-30(17)27-22(24-20)29-12-10-28(11-13-29)21(32)19(31)16-6-3-2-4-7-16/h2-9,14,19,31H,10-13H2,1H3,(H2,23,24,25,26,27)/t19-/m0/s1. The van der Waals surface area contributed by atoms with Crippen LogP contribution in [0.25, 0.3) is 5.52 Å². The first-order valence-corrected chi connectivity index (χ1v) is 10.5. The van der Waals surface area contributed by atoms with Crippen LogP contribution in [0.4, 0.5) is 17.6 Å². The van der Waals surface area contributed by atoms with Gasteiger partial charge < -0.3 is 20.2 Å². The fourth-order valence-corrected chi connectivity index (χ4v) is 3.83. The van der Waals surface area contributed by atoms with E-state index in [-0.39, 0.29) is 5.91 Å². The van der Waals surface area contributed by atoms with Gasteiger partial charge in [0.15, 0.2) is 17.7 Å². The molecule has 4 heterocycles. The van der Waals surface area contributed by atoms with Crippen LogP contribution in [0.3, 0.4) is 0 Å². The number of carbonyl (C=O) groups excluding carboxylic acids is 1. The maximum Gasteiger partial charge on any atom is 0.256 e. The number of aliphatic hydroxyl groups excluding tert-OH is 1. The van der Waals surface area contributed by atoms with Crippen LogP contribution in [0.2, 0.25) is 0 Å². The molecule has 0 bridgehead atoms. The van der Waals surface area contributed by atoms with Crippen LogP contribution in [0.1, 0.15) is 17.4 Å². The van der Waals surface area contributed by atoms with Gasteiger partial charge >= 0.3 is 0 Å². The highest BCUT2D eigenvalue weighted by Gasteiger charge is 2.28. The molecule has 4 aromatic rings. The van der Waals surface area contributed by atoms with Crippen molar-refractivity contribution in [1.29, 1.82) is 0 Å². The molecule has 1 fully saturated rings. The predicted octanol–water partition coefficient (Wildman–Crippen LogP) is 1.89. The summed E-state index contributed by atoms with van der Waals surface area (Å²) >= 11 is 0. The molecular formula is C22H24N8O2. The smallest absolute Gasteiger partial charge is 0.256 e. The zero-order valence-corrected chi connectivity index (χ0v) is 17.6. The van der Waals surface area contributed by atoms with Crippen molar-refractivity contribution in [2.45, 2.75) is 13.0 Å². The van der Waals surface area contributed by atoms with Crippen molar-refractivity contribution in [3.8, 4) is 0 Å². The van der Waals surface area contributed by atoms with Gasteiger partial charge in [-0.2, -0.15) is 10.1 Å². The van der Waals surface area contributed by atoms with Crippen molar-refractivity contribution in [1.82, 2.24) is 29.7 Å². The molecule has 1 atom stereocenters. The number of amides is 1. The number of nitrogens with zero attached hydrogens (tertiary/aromatic N) is 6. The maximum absolute atomic E-state index is 12.7. The molecule has 1 amide bonds. The zero-order chi connectivity index (χ0) is 22.1. The van der Waals surface area contributed by atoms with E-state index in [1.54, 1.807) is 21.5 Å². The Labute approximate surface area is 184 Å². The monoisotopic (exact) mass is 432 g/mol. The Morgan fingerprint density at radius 1 is 1.12 bits per heavy atom. The number of aromatic nitrogens is 5. The number of H-pyrrole nitrogens is 1. The molecule has 0 saturated carbocycles. The van der Waals surface area contributed by atoms with Gasteiger partial charge in [0.1, 0.15) is 5.52 Å². The summed E-state index contributed by atoms with van der Waals surface area (Å²) in [5.41, 5.74) is 2.39. The number of rotatable bonds is 5. The molecular weight excluding hydrogens is 408 g/mol. The Hall–Kier alpha value is -3.92. The van der Waals surface area contributed by atoms with Gasteiger partial charge in [0, 0.05) is 44.1 Å². The van der Waals surface area contributed by atoms with Crippen LogP contribution >= 0.6 is 0 Å². The second-order valence-electron chi connectivity index (χ2n) is 7.79. The highest BCUT2D eigenvalue weighted by Crippen LogP contribution is 2.23. The molecule has 0 spiro atoms. The van der Waals surface area contributed by atoms with Gasteiger partial charge in [-0.15, -0.1) is 5.10 Å². The minimum atomic E-state index is -1.15. The Bertz CT molecular complexity index is 1230. The van der Waals surface area contributed by atoms with Crippen LogP contribution in [-0.2, 0) is 4.79 Å². The van der Waals surface area contributed by atoms with Crippen molar-refractivity contribution in [2.24, 2.45) is 0 Å². The summed E-state index contributed by atoms with van der Waals surface area (Å²) in [5.74, 6) is 1.62. The third kappa shape index (κ3) is 3.87. The topological polar surface area (TPSA) is 115 Å². The molecule has 5 rings (SSSR count). The summed E-state index contributed by atoms with van der Waals surface area (Å²) in [6.07, 6.45) is 0.723. The normalized spacial score (nSPS) is 15.2. The van der Waals surface area contributed by atoms with E-state index in [4.69, 9.17) is 4.98 Å². The minimum absolute atomic E-state index is 0.283. The largest absolute Gasteiger partial charge is 0.378 e. The quantitative estimate of drug-likeness (QED) is 0.441. The van der Waals surface area contributed by atoms with Gasteiger partial charge in [0.05, 0.1) is 0 Å². The molecule has 1 aliphatic heterocycles. The summed E-state index contributed by atoms with van der Waals surface area (Å²) in [6, 6.07) is 14.8. The van der Waals surface area contributed by atoms with Crippen LogP contribution in [0.15, 0.2) is 54.7 Å². The van der Waals surface area contributed by atoms with Crippen molar-refractivity contribution in [3.05, 3.63) is 66.0 Å². The predicted molar refractivity (Wildman–Crippen MR) is 120 cm³/mol. The maximum atomic E-state index is 12.7. The van der Waals surface area contributed by atoms with Crippen LogP contribution in [0, 0.1) is 6.92 Å².